The molecule has 0 bridgehead atoms. The lowest BCUT2D eigenvalue weighted by Gasteiger charge is -2.25. The van der Waals surface area contributed by atoms with Crippen molar-refractivity contribution in [3.05, 3.63) is 70.1 Å². The van der Waals surface area contributed by atoms with E-state index in [1.165, 1.54) is 29.7 Å². The van der Waals surface area contributed by atoms with E-state index in [4.69, 9.17) is 4.42 Å². The number of anilines is 1. The van der Waals surface area contributed by atoms with Crippen LogP contribution in [0.4, 0.5) is 13.9 Å². The smallest absolute Gasteiger partial charge is 0.293 e. The fraction of sp³-hybridized carbons (Fsp3) is 0.222. The number of nitrogens with zero attached hydrogens (tertiary/aromatic N) is 2. The summed E-state index contributed by atoms with van der Waals surface area (Å²) >= 11 is 1.41. The van der Waals surface area contributed by atoms with Crippen LogP contribution < -0.4 is 5.32 Å². The fourth-order valence-electron chi connectivity index (χ4n) is 2.96. The molecule has 3 aromatic rings. The standard InChI is InChI=1S/C18H15F2N3O2S/c19-12-6-11(7-13(20)8-12)9-23-4-3-14-16(10-23)26-18(21-14)22-17(24)15-2-1-5-25-15/h1-2,5-8H,3-4,9-10H2,(H,21,22,24). The average Bonchev–Trinajstić information content (AvgIpc) is 3.22. The van der Waals surface area contributed by atoms with Gasteiger partial charge in [0.15, 0.2) is 10.9 Å². The number of aromatic nitrogens is 1. The van der Waals surface area contributed by atoms with Gasteiger partial charge in [0, 0.05) is 37.0 Å². The van der Waals surface area contributed by atoms with Gasteiger partial charge in [0.2, 0.25) is 0 Å². The van der Waals surface area contributed by atoms with Gasteiger partial charge in [0.1, 0.15) is 11.6 Å². The quantitative estimate of drug-likeness (QED) is 0.753. The van der Waals surface area contributed by atoms with Gasteiger partial charge in [-0.15, -0.1) is 11.3 Å². The van der Waals surface area contributed by atoms with E-state index < -0.39 is 11.6 Å². The van der Waals surface area contributed by atoms with Crippen molar-refractivity contribution in [3.63, 3.8) is 0 Å². The first-order valence-corrected chi connectivity index (χ1v) is 8.89. The number of nitrogens with one attached hydrogen (secondary N) is 1. The molecule has 8 heteroatoms. The Hall–Kier alpha value is -2.58. The zero-order chi connectivity index (χ0) is 18.1. The number of fused-ring (bicyclic) bond motifs is 1. The molecule has 0 atom stereocenters. The van der Waals surface area contributed by atoms with Gasteiger partial charge in [-0.2, -0.15) is 0 Å². The van der Waals surface area contributed by atoms with Crippen LogP contribution in [0.1, 0.15) is 26.7 Å². The van der Waals surface area contributed by atoms with Crippen molar-refractivity contribution in [1.29, 1.82) is 0 Å². The molecule has 3 heterocycles. The highest BCUT2D eigenvalue weighted by Crippen LogP contribution is 2.29. The number of hydrogen-bond donors (Lipinski definition) is 1. The molecule has 0 aliphatic carbocycles. The Morgan fingerprint density at radius 3 is 2.85 bits per heavy atom. The highest BCUT2D eigenvalue weighted by molar-refractivity contribution is 7.15. The summed E-state index contributed by atoms with van der Waals surface area (Å²) in [5.41, 5.74) is 1.55. The normalized spacial score (nSPS) is 14.2. The number of hydrogen-bond acceptors (Lipinski definition) is 5. The van der Waals surface area contributed by atoms with E-state index in [0.717, 1.165) is 29.6 Å². The summed E-state index contributed by atoms with van der Waals surface area (Å²) < 4.78 is 31.8. The van der Waals surface area contributed by atoms with Crippen LogP contribution in [-0.4, -0.2) is 22.3 Å². The first-order chi connectivity index (χ1) is 12.6. The van der Waals surface area contributed by atoms with Gasteiger partial charge in [-0.25, -0.2) is 13.8 Å². The second kappa shape index (κ2) is 6.97. The minimum Gasteiger partial charge on any atom is -0.459 e. The molecule has 1 aromatic carbocycles. The van der Waals surface area contributed by atoms with Crippen molar-refractivity contribution in [3.8, 4) is 0 Å². The highest BCUT2D eigenvalue weighted by atomic mass is 32.1. The number of halogens is 2. The molecule has 26 heavy (non-hydrogen) atoms. The lowest BCUT2D eigenvalue weighted by atomic mass is 10.1. The number of benzene rings is 1. The summed E-state index contributed by atoms with van der Waals surface area (Å²) in [7, 11) is 0. The second-order valence-electron chi connectivity index (χ2n) is 6.06. The van der Waals surface area contributed by atoms with Crippen molar-refractivity contribution >= 4 is 22.4 Å². The van der Waals surface area contributed by atoms with Gasteiger partial charge >= 0.3 is 0 Å². The molecule has 134 valence electrons. The molecule has 2 aromatic heterocycles. The second-order valence-corrected chi connectivity index (χ2v) is 7.14. The van der Waals surface area contributed by atoms with Crippen LogP contribution in [0.25, 0.3) is 0 Å². The number of furan rings is 1. The Bertz CT molecular complexity index is 920. The summed E-state index contributed by atoms with van der Waals surface area (Å²) in [5, 5.41) is 3.26. The lowest BCUT2D eigenvalue weighted by Crippen LogP contribution is -2.29. The van der Waals surface area contributed by atoms with E-state index in [1.54, 1.807) is 12.1 Å². The van der Waals surface area contributed by atoms with Crippen molar-refractivity contribution in [2.45, 2.75) is 19.5 Å². The molecule has 0 saturated heterocycles. The maximum atomic E-state index is 13.3. The van der Waals surface area contributed by atoms with E-state index in [2.05, 4.69) is 15.2 Å². The molecule has 0 fully saturated rings. The van der Waals surface area contributed by atoms with Crippen LogP contribution in [0.2, 0.25) is 0 Å². The van der Waals surface area contributed by atoms with Crippen LogP contribution in [0.5, 0.6) is 0 Å². The van der Waals surface area contributed by atoms with Crippen LogP contribution in [-0.2, 0) is 19.5 Å². The minimum absolute atomic E-state index is 0.230. The van der Waals surface area contributed by atoms with Crippen LogP contribution in [0.15, 0.2) is 41.0 Å². The molecule has 5 nitrogen and oxygen atoms in total. The topological polar surface area (TPSA) is 58.4 Å². The molecule has 1 amide bonds. The van der Waals surface area contributed by atoms with Crippen LogP contribution in [0.3, 0.4) is 0 Å². The SMILES string of the molecule is O=C(Nc1nc2c(s1)CN(Cc1cc(F)cc(F)c1)CC2)c1ccco1. The first kappa shape index (κ1) is 16.9. The summed E-state index contributed by atoms with van der Waals surface area (Å²) in [6, 6.07) is 6.80. The molecular formula is C18H15F2N3O2S. The van der Waals surface area contributed by atoms with Crippen molar-refractivity contribution in [2.75, 3.05) is 11.9 Å². The van der Waals surface area contributed by atoms with E-state index in [9.17, 15) is 13.6 Å². The number of carbonyl (C=O) groups is 1. The molecule has 0 spiro atoms. The molecule has 0 saturated carbocycles. The third kappa shape index (κ3) is 3.66. The van der Waals surface area contributed by atoms with Gasteiger partial charge in [0.05, 0.1) is 12.0 Å². The predicted molar refractivity (Wildman–Crippen MR) is 93.0 cm³/mol. The van der Waals surface area contributed by atoms with Gasteiger partial charge in [0.25, 0.3) is 5.91 Å². The molecular weight excluding hydrogens is 360 g/mol. The van der Waals surface area contributed by atoms with E-state index in [0.29, 0.717) is 23.8 Å². The summed E-state index contributed by atoms with van der Waals surface area (Å²) in [6.45, 7) is 1.82. The Morgan fingerprint density at radius 2 is 2.12 bits per heavy atom. The van der Waals surface area contributed by atoms with Crippen molar-refractivity contribution in [2.24, 2.45) is 0 Å². The number of carbonyl (C=O) groups excluding carboxylic acids is 1. The first-order valence-electron chi connectivity index (χ1n) is 8.07. The van der Waals surface area contributed by atoms with Gasteiger partial charge in [-0.3, -0.25) is 15.0 Å². The largest absolute Gasteiger partial charge is 0.459 e. The summed E-state index contributed by atoms with van der Waals surface area (Å²) in [6.07, 6.45) is 2.16. The molecule has 1 aliphatic rings. The highest BCUT2D eigenvalue weighted by Gasteiger charge is 2.22. The van der Waals surface area contributed by atoms with E-state index >= 15 is 0 Å². The molecule has 4 rings (SSSR count). The number of rotatable bonds is 4. The van der Waals surface area contributed by atoms with Gasteiger partial charge in [-0.05, 0) is 29.8 Å². The third-order valence-corrected chi connectivity index (χ3v) is 5.10. The Labute approximate surface area is 152 Å². The molecule has 1 N–H and O–H groups in total. The van der Waals surface area contributed by atoms with E-state index in [-0.39, 0.29) is 11.7 Å². The van der Waals surface area contributed by atoms with E-state index in [1.807, 2.05) is 0 Å². The average molecular weight is 375 g/mol. The lowest BCUT2D eigenvalue weighted by molar-refractivity contribution is 0.0996. The van der Waals surface area contributed by atoms with Crippen molar-refractivity contribution < 1.29 is 18.0 Å². The molecule has 1 aliphatic heterocycles. The van der Waals surface area contributed by atoms with Crippen LogP contribution in [0, 0.1) is 11.6 Å². The zero-order valence-corrected chi connectivity index (χ0v) is 14.5. The summed E-state index contributed by atoms with van der Waals surface area (Å²) in [4.78, 5) is 19.7. The van der Waals surface area contributed by atoms with Gasteiger partial charge < -0.3 is 4.42 Å². The van der Waals surface area contributed by atoms with Crippen LogP contribution >= 0.6 is 11.3 Å². The minimum atomic E-state index is -0.571. The summed E-state index contributed by atoms with van der Waals surface area (Å²) in [5.74, 6) is -1.25. The maximum Gasteiger partial charge on any atom is 0.293 e. The third-order valence-electron chi connectivity index (χ3n) is 4.10. The predicted octanol–water partition coefficient (Wildman–Crippen LogP) is 3.82. The monoisotopic (exact) mass is 375 g/mol. The fourth-order valence-corrected chi connectivity index (χ4v) is 4.01. The number of amides is 1. The molecule has 0 radical (unpaired) electrons. The zero-order valence-electron chi connectivity index (χ0n) is 13.7. The molecule has 0 unspecified atom stereocenters. The van der Waals surface area contributed by atoms with Gasteiger partial charge in [-0.1, -0.05) is 0 Å². The van der Waals surface area contributed by atoms with Crippen molar-refractivity contribution in [1.82, 2.24) is 9.88 Å². The Kier molecular flexibility index (Phi) is 4.52. The maximum absolute atomic E-state index is 13.3. The number of thiazole rings is 1. The Morgan fingerprint density at radius 1 is 1.31 bits per heavy atom. The Balaban J connectivity index is 1.44.